The number of nitrogens with zero attached hydrogens (tertiary/aromatic N) is 2. The second-order valence-electron chi connectivity index (χ2n) is 6.06. The fourth-order valence-corrected chi connectivity index (χ4v) is 3.09. The molecule has 0 fully saturated rings. The first-order chi connectivity index (χ1) is 11.5. The molecule has 24 heavy (non-hydrogen) atoms. The average molecular weight is 330 g/mol. The summed E-state index contributed by atoms with van der Waals surface area (Å²) >= 11 is 0. The van der Waals surface area contributed by atoms with Crippen LogP contribution in [0, 0.1) is 0 Å². The number of aromatic amines is 1. The number of hydrogen-bond donors (Lipinski definition) is 2. The van der Waals surface area contributed by atoms with E-state index in [9.17, 15) is 9.59 Å². The molecule has 1 aliphatic rings. The van der Waals surface area contributed by atoms with Gasteiger partial charge in [-0.2, -0.15) is 5.10 Å². The van der Waals surface area contributed by atoms with E-state index in [0.29, 0.717) is 24.2 Å². The van der Waals surface area contributed by atoms with Crippen LogP contribution in [0.3, 0.4) is 0 Å². The molecule has 3 heterocycles. The molecule has 2 atom stereocenters. The van der Waals surface area contributed by atoms with Crippen LogP contribution in [-0.4, -0.2) is 26.8 Å². The monoisotopic (exact) mass is 330 g/mol. The molecule has 0 saturated carbocycles. The quantitative estimate of drug-likeness (QED) is 0.890. The highest BCUT2D eigenvalue weighted by molar-refractivity contribution is 5.94. The Hall–Kier alpha value is -2.41. The molecule has 2 aromatic heterocycles. The summed E-state index contributed by atoms with van der Waals surface area (Å²) in [5.41, 5.74) is 2.62. The van der Waals surface area contributed by atoms with E-state index in [1.54, 1.807) is 16.8 Å². The largest absolute Gasteiger partial charge is 0.369 e. The summed E-state index contributed by atoms with van der Waals surface area (Å²) in [6.07, 6.45) is 2.32. The van der Waals surface area contributed by atoms with Gasteiger partial charge in [-0.15, -0.1) is 0 Å². The number of fused-ring (bicyclic) bond motifs is 1. The van der Waals surface area contributed by atoms with Gasteiger partial charge >= 0.3 is 0 Å². The second kappa shape index (κ2) is 6.60. The zero-order chi connectivity index (χ0) is 17.3. The standard InChI is InChI=1S/C17H22N4O3/c1-4-21-7-5-6-12(17(21)23)9-18-16(22)15-13-8-10(2)24-11(3)14(13)19-20-15/h5-7,10-11H,4,8-9H2,1-3H3,(H,18,22)(H,19,20)/t10-,11+/m0/s1. The van der Waals surface area contributed by atoms with E-state index >= 15 is 0 Å². The van der Waals surface area contributed by atoms with Crippen LogP contribution >= 0.6 is 0 Å². The Morgan fingerprint density at radius 1 is 1.50 bits per heavy atom. The van der Waals surface area contributed by atoms with Crippen LogP contribution in [0.4, 0.5) is 0 Å². The highest BCUT2D eigenvalue weighted by atomic mass is 16.5. The van der Waals surface area contributed by atoms with Gasteiger partial charge in [-0.05, 0) is 26.8 Å². The van der Waals surface area contributed by atoms with Crippen LogP contribution in [0.5, 0.6) is 0 Å². The fraction of sp³-hybridized carbons (Fsp3) is 0.471. The van der Waals surface area contributed by atoms with Crippen molar-refractivity contribution in [3.8, 4) is 0 Å². The summed E-state index contributed by atoms with van der Waals surface area (Å²) in [4.78, 5) is 24.7. The summed E-state index contributed by atoms with van der Waals surface area (Å²) in [6, 6.07) is 3.54. The Kier molecular flexibility index (Phi) is 4.53. The maximum absolute atomic E-state index is 12.5. The molecule has 7 nitrogen and oxygen atoms in total. The molecule has 128 valence electrons. The normalized spacial score (nSPS) is 19.8. The number of aryl methyl sites for hydroxylation is 1. The second-order valence-corrected chi connectivity index (χ2v) is 6.06. The van der Waals surface area contributed by atoms with Crippen LogP contribution < -0.4 is 10.9 Å². The predicted molar refractivity (Wildman–Crippen MR) is 88.8 cm³/mol. The average Bonchev–Trinajstić information content (AvgIpc) is 2.97. The van der Waals surface area contributed by atoms with E-state index in [4.69, 9.17) is 4.74 Å². The molecule has 2 aromatic rings. The summed E-state index contributed by atoms with van der Waals surface area (Å²) in [7, 11) is 0. The van der Waals surface area contributed by atoms with Gasteiger partial charge in [0, 0.05) is 36.8 Å². The van der Waals surface area contributed by atoms with E-state index in [2.05, 4.69) is 15.5 Å². The number of amides is 1. The number of nitrogens with one attached hydrogen (secondary N) is 2. The van der Waals surface area contributed by atoms with E-state index in [0.717, 1.165) is 11.3 Å². The number of aromatic nitrogens is 3. The lowest BCUT2D eigenvalue weighted by molar-refractivity contribution is -0.00697. The van der Waals surface area contributed by atoms with Gasteiger partial charge in [0.15, 0.2) is 5.69 Å². The third-order valence-corrected chi connectivity index (χ3v) is 4.33. The maximum atomic E-state index is 12.5. The van der Waals surface area contributed by atoms with Gasteiger partial charge in [-0.3, -0.25) is 14.7 Å². The topological polar surface area (TPSA) is 89.0 Å². The van der Waals surface area contributed by atoms with E-state index in [1.165, 1.54) is 0 Å². The minimum atomic E-state index is -0.278. The highest BCUT2D eigenvalue weighted by Crippen LogP contribution is 2.29. The van der Waals surface area contributed by atoms with E-state index in [-0.39, 0.29) is 30.2 Å². The van der Waals surface area contributed by atoms with Gasteiger partial charge in [0.2, 0.25) is 0 Å². The van der Waals surface area contributed by atoms with Crippen molar-refractivity contribution in [3.63, 3.8) is 0 Å². The molecule has 0 radical (unpaired) electrons. The minimum absolute atomic E-state index is 0.0440. The van der Waals surface area contributed by atoms with Crippen molar-refractivity contribution in [2.45, 2.75) is 52.5 Å². The molecule has 0 bridgehead atoms. The third-order valence-electron chi connectivity index (χ3n) is 4.33. The van der Waals surface area contributed by atoms with Crippen molar-refractivity contribution < 1.29 is 9.53 Å². The first kappa shape index (κ1) is 16.4. The van der Waals surface area contributed by atoms with Gasteiger partial charge in [-0.25, -0.2) is 0 Å². The van der Waals surface area contributed by atoms with Crippen molar-refractivity contribution in [2.75, 3.05) is 0 Å². The Labute approximate surface area is 140 Å². The molecule has 0 unspecified atom stereocenters. The van der Waals surface area contributed by atoms with Crippen molar-refractivity contribution in [1.29, 1.82) is 0 Å². The lowest BCUT2D eigenvalue weighted by atomic mass is 9.99. The smallest absolute Gasteiger partial charge is 0.272 e. The van der Waals surface area contributed by atoms with Crippen molar-refractivity contribution in [2.24, 2.45) is 0 Å². The van der Waals surface area contributed by atoms with Crippen molar-refractivity contribution in [1.82, 2.24) is 20.1 Å². The number of rotatable bonds is 4. The molecule has 1 amide bonds. The van der Waals surface area contributed by atoms with E-state index < -0.39 is 0 Å². The maximum Gasteiger partial charge on any atom is 0.272 e. The Morgan fingerprint density at radius 3 is 3.04 bits per heavy atom. The first-order valence-corrected chi connectivity index (χ1v) is 8.20. The number of H-pyrrole nitrogens is 1. The van der Waals surface area contributed by atoms with Gasteiger partial charge in [0.1, 0.15) is 0 Å². The fourth-order valence-electron chi connectivity index (χ4n) is 3.09. The lowest BCUT2D eigenvalue weighted by Crippen LogP contribution is -2.31. The molecule has 2 N–H and O–H groups in total. The van der Waals surface area contributed by atoms with Gasteiger partial charge in [-0.1, -0.05) is 6.07 Å². The highest BCUT2D eigenvalue weighted by Gasteiger charge is 2.29. The molecule has 7 heteroatoms. The summed E-state index contributed by atoms with van der Waals surface area (Å²) in [5.74, 6) is -0.278. The first-order valence-electron chi connectivity index (χ1n) is 8.20. The zero-order valence-corrected chi connectivity index (χ0v) is 14.1. The van der Waals surface area contributed by atoms with E-state index in [1.807, 2.05) is 26.8 Å². The molecular formula is C17H22N4O3. The summed E-state index contributed by atoms with van der Waals surface area (Å²) in [6.45, 7) is 6.60. The lowest BCUT2D eigenvalue weighted by Gasteiger charge is -2.25. The molecule has 0 aliphatic carbocycles. The van der Waals surface area contributed by atoms with Crippen molar-refractivity contribution in [3.05, 3.63) is 51.2 Å². The van der Waals surface area contributed by atoms with Crippen LogP contribution in [0.25, 0.3) is 0 Å². The van der Waals surface area contributed by atoms with Crippen LogP contribution in [0.2, 0.25) is 0 Å². The molecule has 3 rings (SSSR count). The molecule has 0 aromatic carbocycles. The summed E-state index contributed by atoms with van der Waals surface area (Å²) in [5, 5.41) is 9.85. The molecular weight excluding hydrogens is 308 g/mol. The van der Waals surface area contributed by atoms with Crippen molar-refractivity contribution >= 4 is 5.91 Å². The third kappa shape index (κ3) is 2.99. The van der Waals surface area contributed by atoms with Gasteiger partial charge in [0.05, 0.1) is 17.9 Å². The van der Waals surface area contributed by atoms with Crippen LogP contribution in [0.15, 0.2) is 23.1 Å². The summed E-state index contributed by atoms with van der Waals surface area (Å²) < 4.78 is 7.34. The number of carbonyl (C=O) groups is 1. The number of ether oxygens (including phenoxy) is 1. The SMILES string of the molecule is CCn1cccc(CNC(=O)c2n[nH]c3c2C[C@H](C)O[C@@H]3C)c1=O. The number of pyridine rings is 1. The predicted octanol–water partition coefficient (Wildman–Crippen LogP) is 1.54. The molecule has 0 saturated heterocycles. The zero-order valence-electron chi connectivity index (χ0n) is 14.1. The Balaban J connectivity index is 1.76. The van der Waals surface area contributed by atoms with Gasteiger partial charge < -0.3 is 14.6 Å². The Morgan fingerprint density at radius 2 is 2.29 bits per heavy atom. The van der Waals surface area contributed by atoms with Gasteiger partial charge in [0.25, 0.3) is 11.5 Å². The number of hydrogen-bond acceptors (Lipinski definition) is 4. The molecule has 1 aliphatic heterocycles. The number of carbonyl (C=O) groups excluding carboxylic acids is 1. The molecule has 0 spiro atoms. The van der Waals surface area contributed by atoms with Crippen LogP contribution in [-0.2, 0) is 24.2 Å². The Bertz CT molecular complexity index is 808. The van der Waals surface area contributed by atoms with Crippen LogP contribution in [0.1, 0.15) is 54.2 Å². The minimum Gasteiger partial charge on any atom is -0.369 e.